The van der Waals surface area contributed by atoms with Crippen molar-refractivity contribution >= 4 is 28.6 Å². The van der Waals surface area contributed by atoms with Crippen molar-refractivity contribution in [3.63, 3.8) is 0 Å². The van der Waals surface area contributed by atoms with Crippen LogP contribution >= 0.6 is 0 Å². The van der Waals surface area contributed by atoms with Gasteiger partial charge in [0, 0.05) is 47.8 Å². The molecule has 0 aliphatic rings. The van der Waals surface area contributed by atoms with Crippen molar-refractivity contribution in [2.75, 3.05) is 33.2 Å². The molecule has 9 nitrogen and oxygen atoms in total. The van der Waals surface area contributed by atoms with Crippen LogP contribution in [0.3, 0.4) is 0 Å². The number of hydrogen-bond acceptors (Lipinski definition) is 7. The van der Waals surface area contributed by atoms with Crippen LogP contribution in [0.1, 0.15) is 18.9 Å². The molecule has 2 N–H and O–H groups in total. The monoisotopic (exact) mass is 475 g/mol. The molecule has 0 spiro atoms. The molecule has 0 saturated carbocycles. The van der Waals surface area contributed by atoms with E-state index in [-0.39, 0.29) is 5.91 Å². The van der Waals surface area contributed by atoms with E-state index in [9.17, 15) is 4.79 Å². The number of nitrogens with one attached hydrogen (secondary N) is 2. The van der Waals surface area contributed by atoms with Gasteiger partial charge in [-0.25, -0.2) is 4.98 Å². The number of rotatable bonds is 10. The Morgan fingerprint density at radius 2 is 1.80 bits per heavy atom. The Labute approximate surface area is 204 Å². The second-order valence-corrected chi connectivity index (χ2v) is 7.89. The molecule has 0 saturated heterocycles. The Morgan fingerprint density at radius 3 is 2.49 bits per heavy atom. The summed E-state index contributed by atoms with van der Waals surface area (Å²) in [5.74, 6) is 1.99. The molecule has 0 aliphatic heterocycles. The van der Waals surface area contributed by atoms with Crippen molar-refractivity contribution in [3.8, 4) is 22.9 Å². The number of nitrogens with zero attached hydrogens (tertiary/aromatic N) is 3. The lowest BCUT2D eigenvalue weighted by molar-refractivity contribution is -0.120. The van der Waals surface area contributed by atoms with Crippen molar-refractivity contribution in [2.24, 2.45) is 0 Å². The van der Waals surface area contributed by atoms with E-state index in [1.807, 2.05) is 48.0 Å². The van der Waals surface area contributed by atoms with Crippen LogP contribution in [0.25, 0.3) is 16.7 Å². The quantitative estimate of drug-likeness (QED) is 0.354. The maximum Gasteiger partial charge on any atom is 0.229 e. The van der Waals surface area contributed by atoms with Crippen LogP contribution < -0.4 is 24.8 Å². The highest BCUT2D eigenvalue weighted by Crippen LogP contribution is 2.40. The van der Waals surface area contributed by atoms with Gasteiger partial charge in [0.15, 0.2) is 11.5 Å². The van der Waals surface area contributed by atoms with E-state index < -0.39 is 0 Å². The zero-order valence-electron chi connectivity index (χ0n) is 20.3. The lowest BCUT2D eigenvalue weighted by Crippen LogP contribution is -2.25. The third kappa shape index (κ3) is 5.29. The molecule has 0 radical (unpaired) electrons. The van der Waals surface area contributed by atoms with Crippen LogP contribution in [-0.2, 0) is 11.2 Å². The first-order valence-corrected chi connectivity index (χ1v) is 11.3. The number of ether oxygens (including phenoxy) is 3. The molecule has 0 unspecified atom stereocenters. The van der Waals surface area contributed by atoms with Crippen LogP contribution in [0.4, 0.5) is 11.6 Å². The van der Waals surface area contributed by atoms with Gasteiger partial charge in [0.2, 0.25) is 17.6 Å². The molecule has 0 bridgehead atoms. The fourth-order valence-corrected chi connectivity index (χ4v) is 3.80. The molecule has 2 heterocycles. The summed E-state index contributed by atoms with van der Waals surface area (Å²) in [6.07, 6.45) is 4.95. The molecule has 35 heavy (non-hydrogen) atoms. The summed E-state index contributed by atoms with van der Waals surface area (Å²) in [5, 5.41) is 7.03. The lowest BCUT2D eigenvalue weighted by atomic mass is 10.1. The zero-order valence-corrected chi connectivity index (χ0v) is 20.3. The van der Waals surface area contributed by atoms with Crippen LogP contribution in [0, 0.1) is 0 Å². The van der Waals surface area contributed by atoms with Crippen LogP contribution in [0.5, 0.6) is 17.2 Å². The summed E-state index contributed by atoms with van der Waals surface area (Å²) in [6.45, 7) is 2.71. The average Bonchev–Trinajstić information content (AvgIpc) is 3.30. The summed E-state index contributed by atoms with van der Waals surface area (Å²) in [4.78, 5) is 21.3. The van der Waals surface area contributed by atoms with Crippen molar-refractivity contribution < 1.29 is 19.0 Å². The number of aromatic nitrogens is 3. The number of carbonyl (C=O) groups is 1. The summed E-state index contributed by atoms with van der Waals surface area (Å²) in [7, 11) is 4.70. The van der Waals surface area contributed by atoms with Gasteiger partial charge in [0.1, 0.15) is 5.65 Å². The summed E-state index contributed by atoms with van der Waals surface area (Å²) < 4.78 is 18.2. The van der Waals surface area contributed by atoms with Gasteiger partial charge in [-0.2, -0.15) is 4.98 Å². The molecule has 0 fully saturated rings. The van der Waals surface area contributed by atoms with Gasteiger partial charge in [-0.15, -0.1) is 0 Å². The standard InChI is InChI=1S/C26H29N5O4/c1-5-10-27-23(32)13-17-7-6-8-20(12-17)31-11-9-18-16-28-26(30-25(18)31)29-19-14-21(33-2)24(35-4)22(15-19)34-3/h6-9,11-12,14-16H,5,10,13H2,1-4H3,(H,27,32)(H,28,29,30). The minimum absolute atomic E-state index is 0.0144. The molecule has 4 aromatic rings. The maximum absolute atomic E-state index is 12.2. The number of fused-ring (bicyclic) bond motifs is 1. The predicted molar refractivity (Wildman–Crippen MR) is 135 cm³/mol. The minimum Gasteiger partial charge on any atom is -0.493 e. The number of benzene rings is 2. The van der Waals surface area contributed by atoms with Gasteiger partial charge >= 0.3 is 0 Å². The highest BCUT2D eigenvalue weighted by molar-refractivity contribution is 5.80. The fourth-order valence-electron chi connectivity index (χ4n) is 3.80. The zero-order chi connectivity index (χ0) is 24.8. The Hall–Kier alpha value is -4.27. The molecule has 4 rings (SSSR count). The number of amides is 1. The van der Waals surface area contributed by atoms with E-state index in [1.165, 1.54) is 0 Å². The van der Waals surface area contributed by atoms with Crippen molar-refractivity contribution in [1.29, 1.82) is 0 Å². The summed E-state index contributed by atoms with van der Waals surface area (Å²) in [6, 6.07) is 13.4. The van der Waals surface area contributed by atoms with Crippen LogP contribution in [0.2, 0.25) is 0 Å². The molecule has 2 aromatic carbocycles. The highest BCUT2D eigenvalue weighted by Gasteiger charge is 2.15. The van der Waals surface area contributed by atoms with E-state index in [0.29, 0.717) is 41.8 Å². The summed E-state index contributed by atoms with van der Waals surface area (Å²) >= 11 is 0. The maximum atomic E-state index is 12.2. The average molecular weight is 476 g/mol. The Balaban J connectivity index is 1.63. The topological polar surface area (TPSA) is 99.5 Å². The molecule has 9 heteroatoms. The third-order valence-corrected chi connectivity index (χ3v) is 5.47. The SMILES string of the molecule is CCCNC(=O)Cc1cccc(-n2ccc3cnc(Nc4cc(OC)c(OC)c(OC)c4)nc32)c1. The molecule has 0 aliphatic carbocycles. The molecule has 2 aromatic heterocycles. The first-order chi connectivity index (χ1) is 17.1. The molecule has 182 valence electrons. The second kappa shape index (κ2) is 10.8. The molecular formula is C26H29N5O4. The largest absolute Gasteiger partial charge is 0.493 e. The van der Waals surface area contributed by atoms with Gasteiger partial charge in [0.05, 0.1) is 27.8 Å². The van der Waals surface area contributed by atoms with Gasteiger partial charge in [-0.05, 0) is 30.2 Å². The first kappa shape index (κ1) is 23.9. The van der Waals surface area contributed by atoms with Gasteiger partial charge < -0.3 is 29.4 Å². The smallest absolute Gasteiger partial charge is 0.229 e. The fraction of sp³-hybridized carbons (Fsp3) is 0.269. The third-order valence-electron chi connectivity index (χ3n) is 5.47. The highest BCUT2D eigenvalue weighted by atomic mass is 16.5. The van der Waals surface area contributed by atoms with E-state index in [1.54, 1.807) is 39.7 Å². The Morgan fingerprint density at radius 1 is 1.03 bits per heavy atom. The number of hydrogen-bond donors (Lipinski definition) is 2. The van der Waals surface area contributed by atoms with E-state index in [4.69, 9.17) is 19.2 Å². The normalized spacial score (nSPS) is 10.7. The van der Waals surface area contributed by atoms with Crippen molar-refractivity contribution in [2.45, 2.75) is 19.8 Å². The molecule has 1 amide bonds. The number of methoxy groups -OCH3 is 3. The Bertz CT molecular complexity index is 1310. The van der Waals surface area contributed by atoms with Crippen LogP contribution in [-0.4, -0.2) is 48.3 Å². The van der Waals surface area contributed by atoms with Crippen LogP contribution in [0.15, 0.2) is 54.9 Å². The lowest BCUT2D eigenvalue weighted by Gasteiger charge is -2.14. The molecule has 0 atom stereocenters. The number of anilines is 2. The van der Waals surface area contributed by atoms with Gasteiger partial charge in [-0.1, -0.05) is 19.1 Å². The minimum atomic E-state index is 0.0144. The van der Waals surface area contributed by atoms with Gasteiger partial charge in [0.25, 0.3) is 0 Å². The summed E-state index contributed by atoms with van der Waals surface area (Å²) in [5.41, 5.74) is 3.28. The second-order valence-electron chi connectivity index (χ2n) is 7.89. The first-order valence-electron chi connectivity index (χ1n) is 11.3. The van der Waals surface area contributed by atoms with Crippen molar-refractivity contribution in [1.82, 2.24) is 19.9 Å². The number of carbonyl (C=O) groups excluding carboxylic acids is 1. The van der Waals surface area contributed by atoms with Gasteiger partial charge in [-0.3, -0.25) is 4.79 Å². The Kier molecular flexibility index (Phi) is 7.35. The molecular weight excluding hydrogens is 446 g/mol. The van der Waals surface area contributed by atoms with Crippen molar-refractivity contribution in [3.05, 3.63) is 60.4 Å². The van der Waals surface area contributed by atoms with E-state index in [0.717, 1.165) is 28.7 Å². The van der Waals surface area contributed by atoms with E-state index >= 15 is 0 Å². The van der Waals surface area contributed by atoms with E-state index in [2.05, 4.69) is 15.6 Å². The predicted octanol–water partition coefficient (Wildman–Crippen LogP) is 4.26.